The maximum atomic E-state index is 13.5. The summed E-state index contributed by atoms with van der Waals surface area (Å²) in [4.78, 5) is 30.9. The van der Waals surface area contributed by atoms with Gasteiger partial charge in [0.15, 0.2) is 0 Å². The summed E-state index contributed by atoms with van der Waals surface area (Å²) in [7, 11) is 0. The van der Waals surface area contributed by atoms with E-state index >= 15 is 0 Å². The van der Waals surface area contributed by atoms with Crippen molar-refractivity contribution in [3.8, 4) is 5.75 Å². The Morgan fingerprint density at radius 3 is 2.62 bits per heavy atom. The minimum Gasteiger partial charge on any atom is -0.487 e. The first-order chi connectivity index (χ1) is 16.7. The summed E-state index contributed by atoms with van der Waals surface area (Å²) in [5, 5.41) is 4.24. The van der Waals surface area contributed by atoms with E-state index in [9.17, 15) is 9.59 Å². The van der Waals surface area contributed by atoms with Crippen LogP contribution in [0.4, 0.5) is 0 Å². The minimum atomic E-state index is -0.119. The van der Waals surface area contributed by atoms with Gasteiger partial charge in [0, 0.05) is 32.0 Å². The van der Waals surface area contributed by atoms with Gasteiger partial charge in [0.25, 0.3) is 5.91 Å². The Balaban J connectivity index is 1.62. The molecule has 4 rings (SSSR count). The molecule has 184 valence electrons. The predicted octanol–water partition coefficient (Wildman–Crippen LogP) is 4.53. The van der Waals surface area contributed by atoms with Crippen molar-refractivity contribution in [3.05, 3.63) is 48.3 Å². The van der Waals surface area contributed by atoms with Crippen LogP contribution in [0.3, 0.4) is 0 Å². The van der Waals surface area contributed by atoms with Gasteiger partial charge in [-0.15, -0.1) is 0 Å². The fourth-order valence-electron chi connectivity index (χ4n) is 5.27. The quantitative estimate of drug-likeness (QED) is 0.664. The average molecular weight is 467 g/mol. The van der Waals surface area contributed by atoms with Gasteiger partial charge in [-0.1, -0.05) is 38.3 Å². The minimum absolute atomic E-state index is 0.00894. The van der Waals surface area contributed by atoms with E-state index in [1.807, 2.05) is 46.3 Å². The number of rotatable bonds is 4. The highest BCUT2D eigenvalue weighted by atomic mass is 16.5. The molecule has 1 aliphatic heterocycles. The normalized spacial score (nSPS) is 22.3. The summed E-state index contributed by atoms with van der Waals surface area (Å²) in [6.45, 7) is 4.62. The number of hydrogen-bond donors (Lipinski definition) is 0. The first-order valence-corrected chi connectivity index (χ1v) is 13.0. The summed E-state index contributed by atoms with van der Waals surface area (Å²) in [5.41, 5.74) is 0.631. The molecule has 2 aliphatic rings. The van der Waals surface area contributed by atoms with E-state index in [4.69, 9.17) is 4.74 Å². The Hall–Kier alpha value is -2.83. The number of benzene rings is 1. The summed E-state index contributed by atoms with van der Waals surface area (Å²) in [5.74, 6) is 0.783. The first kappa shape index (κ1) is 24.3. The summed E-state index contributed by atoms with van der Waals surface area (Å²) < 4.78 is 8.29. The maximum Gasteiger partial charge on any atom is 0.257 e. The number of carbonyl (C=O) groups excluding carboxylic acids is 2. The van der Waals surface area contributed by atoms with Crippen LogP contribution < -0.4 is 4.74 Å². The van der Waals surface area contributed by atoms with Crippen molar-refractivity contribution in [1.82, 2.24) is 19.6 Å². The van der Waals surface area contributed by atoms with Crippen LogP contribution in [0.2, 0.25) is 0 Å². The average Bonchev–Trinajstić information content (AvgIpc) is 3.36. The van der Waals surface area contributed by atoms with Gasteiger partial charge in [0.2, 0.25) is 5.91 Å². The molecule has 0 radical (unpaired) electrons. The van der Waals surface area contributed by atoms with Gasteiger partial charge in [-0.2, -0.15) is 5.10 Å². The molecule has 0 spiro atoms. The van der Waals surface area contributed by atoms with Gasteiger partial charge in [-0.05, 0) is 56.7 Å². The van der Waals surface area contributed by atoms with Gasteiger partial charge < -0.3 is 14.5 Å². The van der Waals surface area contributed by atoms with Crippen molar-refractivity contribution in [3.63, 3.8) is 0 Å². The van der Waals surface area contributed by atoms with Crippen LogP contribution in [0.15, 0.2) is 42.7 Å². The summed E-state index contributed by atoms with van der Waals surface area (Å²) >= 11 is 0. The first-order valence-electron chi connectivity index (χ1n) is 13.0. The van der Waals surface area contributed by atoms with Crippen LogP contribution in [0.25, 0.3) is 0 Å². The lowest BCUT2D eigenvalue weighted by Crippen LogP contribution is -2.52. The van der Waals surface area contributed by atoms with Crippen molar-refractivity contribution in [2.75, 3.05) is 19.6 Å². The molecular formula is C27H38N4O3. The number of aromatic nitrogens is 2. The third-order valence-corrected chi connectivity index (χ3v) is 7.00. The largest absolute Gasteiger partial charge is 0.487 e. The van der Waals surface area contributed by atoms with Crippen LogP contribution in [0, 0.1) is 0 Å². The van der Waals surface area contributed by atoms with Crippen molar-refractivity contribution >= 4 is 11.8 Å². The molecule has 2 aromatic rings. The second-order valence-corrected chi connectivity index (χ2v) is 9.50. The molecule has 0 saturated heterocycles. The molecule has 34 heavy (non-hydrogen) atoms. The number of nitrogens with zero attached hydrogens (tertiary/aromatic N) is 4. The predicted molar refractivity (Wildman–Crippen MR) is 132 cm³/mol. The van der Waals surface area contributed by atoms with E-state index in [0.717, 1.165) is 77.4 Å². The summed E-state index contributed by atoms with van der Waals surface area (Å²) in [6.07, 6.45) is 12.4. The van der Waals surface area contributed by atoms with E-state index < -0.39 is 0 Å². The number of hydrogen-bond acceptors (Lipinski definition) is 4. The summed E-state index contributed by atoms with van der Waals surface area (Å²) in [6, 6.07) is 9.48. The molecule has 1 aromatic carbocycles. The van der Waals surface area contributed by atoms with Gasteiger partial charge >= 0.3 is 0 Å². The van der Waals surface area contributed by atoms with E-state index in [1.165, 1.54) is 0 Å². The van der Waals surface area contributed by atoms with Crippen molar-refractivity contribution in [2.24, 2.45) is 0 Å². The van der Waals surface area contributed by atoms with Gasteiger partial charge in [0.1, 0.15) is 18.4 Å². The highest BCUT2D eigenvalue weighted by Crippen LogP contribution is 2.31. The topological polar surface area (TPSA) is 67.7 Å². The molecule has 1 aliphatic carbocycles. The molecule has 7 nitrogen and oxygen atoms in total. The fraction of sp³-hybridized carbons (Fsp3) is 0.593. The molecular weight excluding hydrogens is 428 g/mol. The number of amides is 2. The Morgan fingerprint density at radius 2 is 1.82 bits per heavy atom. The van der Waals surface area contributed by atoms with E-state index in [0.29, 0.717) is 11.3 Å². The molecule has 2 amide bonds. The Bertz CT molecular complexity index is 930. The molecule has 1 aromatic heterocycles. The van der Waals surface area contributed by atoms with E-state index in [2.05, 4.69) is 12.0 Å². The standard InChI is InChI=1S/C27H38N4O3/c1-2-17-29-18-9-3-4-10-20-31(26(32)21-30-19-11-16-28-30)23-13-6-8-15-25(23)34-24-14-7-5-12-22(24)27(29)33/h5,7,11-12,14,16,19,23,25H,2-4,6,8-10,13,15,17-18,20-21H2,1H3/t23-,25+/m1/s1. The molecule has 0 unspecified atom stereocenters. The number of ether oxygens (including phenoxy) is 1. The molecule has 2 atom stereocenters. The number of fused-ring (bicyclic) bond motifs is 2. The second kappa shape index (κ2) is 12.0. The highest BCUT2D eigenvalue weighted by molar-refractivity contribution is 5.97. The van der Waals surface area contributed by atoms with Crippen LogP contribution >= 0.6 is 0 Å². The zero-order chi connectivity index (χ0) is 23.8. The Kier molecular flexibility index (Phi) is 8.61. The van der Waals surface area contributed by atoms with Crippen LogP contribution in [0.1, 0.15) is 75.1 Å². The smallest absolute Gasteiger partial charge is 0.257 e. The van der Waals surface area contributed by atoms with Crippen LogP contribution in [0.5, 0.6) is 5.75 Å². The highest BCUT2D eigenvalue weighted by Gasteiger charge is 2.35. The van der Waals surface area contributed by atoms with Crippen molar-refractivity contribution < 1.29 is 14.3 Å². The molecule has 0 bridgehead atoms. The SMILES string of the molecule is CCCN1CCCCCCN(C(=O)Cn2cccn2)[C@@H]2CCCC[C@@H]2Oc2ccccc2C1=O. The number of carbonyl (C=O) groups is 2. The lowest BCUT2D eigenvalue weighted by molar-refractivity contribution is -0.137. The molecule has 7 heteroatoms. The lowest BCUT2D eigenvalue weighted by Gasteiger charge is -2.40. The van der Waals surface area contributed by atoms with Crippen LogP contribution in [-0.2, 0) is 11.3 Å². The maximum absolute atomic E-state index is 13.5. The molecule has 1 saturated carbocycles. The van der Waals surface area contributed by atoms with E-state index in [-0.39, 0.29) is 30.5 Å². The van der Waals surface area contributed by atoms with Gasteiger partial charge in [0.05, 0.1) is 11.6 Å². The van der Waals surface area contributed by atoms with E-state index in [1.54, 1.807) is 10.9 Å². The third kappa shape index (κ3) is 5.99. The van der Waals surface area contributed by atoms with Crippen molar-refractivity contribution in [1.29, 1.82) is 0 Å². The second-order valence-electron chi connectivity index (χ2n) is 9.50. The third-order valence-electron chi connectivity index (χ3n) is 7.00. The Labute approximate surface area is 203 Å². The van der Waals surface area contributed by atoms with Crippen molar-refractivity contribution in [2.45, 2.75) is 83.4 Å². The molecule has 1 fully saturated rings. The molecule has 2 heterocycles. The Morgan fingerprint density at radius 1 is 1.03 bits per heavy atom. The zero-order valence-electron chi connectivity index (χ0n) is 20.4. The van der Waals surface area contributed by atoms with Gasteiger partial charge in [-0.3, -0.25) is 14.3 Å². The fourth-order valence-corrected chi connectivity index (χ4v) is 5.27. The number of para-hydroxylation sites is 1. The zero-order valence-corrected chi connectivity index (χ0v) is 20.4. The monoisotopic (exact) mass is 466 g/mol. The van der Waals surface area contributed by atoms with Gasteiger partial charge in [-0.25, -0.2) is 0 Å². The molecule has 0 N–H and O–H groups in total. The lowest BCUT2D eigenvalue weighted by atomic mass is 9.90. The van der Waals surface area contributed by atoms with Crippen LogP contribution in [-0.4, -0.2) is 63.2 Å².